The van der Waals surface area contributed by atoms with Crippen molar-refractivity contribution >= 4 is 39.9 Å². The Labute approximate surface area is 183 Å². The van der Waals surface area contributed by atoms with Crippen molar-refractivity contribution in [3.63, 3.8) is 0 Å². The van der Waals surface area contributed by atoms with E-state index < -0.39 is 0 Å². The van der Waals surface area contributed by atoms with Crippen LogP contribution in [0.15, 0.2) is 52.5 Å². The maximum absolute atomic E-state index is 12.9. The fourth-order valence-electron chi connectivity index (χ4n) is 3.12. The summed E-state index contributed by atoms with van der Waals surface area (Å²) in [5.74, 6) is 0.536. The summed E-state index contributed by atoms with van der Waals surface area (Å²) in [6.45, 7) is 1.46. The molecule has 4 rings (SSSR count). The van der Waals surface area contributed by atoms with Gasteiger partial charge in [-0.2, -0.15) is 0 Å². The van der Waals surface area contributed by atoms with Crippen molar-refractivity contribution in [2.45, 2.75) is 25.7 Å². The Morgan fingerprint density at radius 1 is 1.23 bits per heavy atom. The van der Waals surface area contributed by atoms with Gasteiger partial charge in [0.2, 0.25) is 5.91 Å². The van der Waals surface area contributed by atoms with E-state index in [9.17, 15) is 9.59 Å². The third kappa shape index (κ3) is 5.70. The molecule has 0 aliphatic heterocycles. The van der Waals surface area contributed by atoms with Crippen molar-refractivity contribution in [3.05, 3.63) is 70.1 Å². The largest absolute Gasteiger partial charge is 0.459 e. The molecular formula is C22H22ClN3O3S. The number of carbonyl (C=O) groups excluding carboxylic acids is 2. The number of hydrogen-bond acceptors (Lipinski definition) is 5. The van der Waals surface area contributed by atoms with Gasteiger partial charge in [0.15, 0.2) is 10.9 Å². The predicted octanol–water partition coefficient (Wildman–Crippen LogP) is 4.67. The Hall–Kier alpha value is -2.64. The van der Waals surface area contributed by atoms with E-state index in [1.54, 1.807) is 12.1 Å². The van der Waals surface area contributed by atoms with Gasteiger partial charge in [0.1, 0.15) is 0 Å². The minimum atomic E-state index is -0.356. The molecule has 2 heterocycles. The third-order valence-corrected chi connectivity index (χ3v) is 6.02. The van der Waals surface area contributed by atoms with E-state index in [4.69, 9.17) is 16.0 Å². The number of benzene rings is 1. The van der Waals surface area contributed by atoms with E-state index in [-0.39, 0.29) is 24.0 Å². The zero-order valence-corrected chi connectivity index (χ0v) is 17.9. The number of amides is 2. The second-order valence-corrected chi connectivity index (χ2v) is 8.71. The van der Waals surface area contributed by atoms with Crippen molar-refractivity contribution in [1.82, 2.24) is 9.88 Å². The fourth-order valence-corrected chi connectivity index (χ4v) is 3.96. The first-order valence-electron chi connectivity index (χ1n) is 9.88. The summed E-state index contributed by atoms with van der Waals surface area (Å²) in [5, 5.41) is 5.67. The number of rotatable bonds is 9. The van der Waals surface area contributed by atoms with E-state index in [0.29, 0.717) is 28.3 Å². The average Bonchev–Trinajstić information content (AvgIpc) is 3.19. The van der Waals surface area contributed by atoms with Crippen LogP contribution >= 0.6 is 22.9 Å². The van der Waals surface area contributed by atoms with Gasteiger partial charge in [-0.25, -0.2) is 4.98 Å². The minimum Gasteiger partial charge on any atom is -0.459 e. The van der Waals surface area contributed by atoms with Crippen LogP contribution in [-0.4, -0.2) is 34.8 Å². The zero-order valence-electron chi connectivity index (χ0n) is 16.3. The number of anilines is 1. The average molecular weight is 444 g/mol. The van der Waals surface area contributed by atoms with Crippen LogP contribution in [0.2, 0.25) is 5.02 Å². The normalized spacial score (nSPS) is 13.2. The maximum Gasteiger partial charge on any atom is 0.293 e. The van der Waals surface area contributed by atoms with E-state index in [2.05, 4.69) is 10.3 Å². The molecule has 1 aromatic carbocycles. The number of nitrogens with one attached hydrogen (secondary N) is 1. The van der Waals surface area contributed by atoms with Crippen LogP contribution in [0.5, 0.6) is 0 Å². The highest BCUT2D eigenvalue weighted by molar-refractivity contribution is 7.14. The Balaban J connectivity index is 1.34. The highest BCUT2D eigenvalue weighted by Gasteiger charge is 2.27. The summed E-state index contributed by atoms with van der Waals surface area (Å²) in [6, 6.07) is 11.0. The molecule has 1 N–H and O–H groups in total. The molecule has 3 aromatic rings. The van der Waals surface area contributed by atoms with E-state index in [0.717, 1.165) is 18.5 Å². The van der Waals surface area contributed by atoms with Gasteiger partial charge in [0.25, 0.3) is 5.91 Å². The van der Waals surface area contributed by atoms with Gasteiger partial charge in [0, 0.05) is 23.5 Å². The predicted molar refractivity (Wildman–Crippen MR) is 117 cm³/mol. The Bertz CT molecular complexity index is 997. The number of aromatic nitrogens is 1. The molecule has 8 heteroatoms. The van der Waals surface area contributed by atoms with Crippen LogP contribution in [0.25, 0.3) is 0 Å². The maximum atomic E-state index is 12.9. The molecular weight excluding hydrogens is 422 g/mol. The second-order valence-electron chi connectivity index (χ2n) is 7.41. The minimum absolute atomic E-state index is 0.0603. The summed E-state index contributed by atoms with van der Waals surface area (Å²) in [7, 11) is 0. The molecule has 6 nitrogen and oxygen atoms in total. The molecule has 1 saturated carbocycles. The van der Waals surface area contributed by atoms with Crippen molar-refractivity contribution in [2.24, 2.45) is 5.92 Å². The van der Waals surface area contributed by atoms with Crippen molar-refractivity contribution in [3.8, 4) is 0 Å². The van der Waals surface area contributed by atoms with Crippen molar-refractivity contribution in [2.75, 3.05) is 18.4 Å². The number of hydrogen-bond donors (Lipinski definition) is 1. The number of thiazole rings is 1. The molecule has 30 heavy (non-hydrogen) atoms. The van der Waals surface area contributed by atoms with Gasteiger partial charge >= 0.3 is 0 Å². The van der Waals surface area contributed by atoms with Gasteiger partial charge in [0.05, 0.1) is 18.4 Å². The number of nitrogens with zero attached hydrogens (tertiary/aromatic N) is 2. The Kier molecular flexibility index (Phi) is 6.50. The molecule has 2 amide bonds. The van der Waals surface area contributed by atoms with E-state index in [1.165, 1.54) is 30.4 Å². The van der Waals surface area contributed by atoms with Crippen molar-refractivity contribution in [1.29, 1.82) is 0 Å². The van der Waals surface area contributed by atoms with Gasteiger partial charge < -0.3 is 9.32 Å². The van der Waals surface area contributed by atoms with Gasteiger partial charge in [-0.1, -0.05) is 23.7 Å². The Morgan fingerprint density at radius 2 is 2.03 bits per heavy atom. The summed E-state index contributed by atoms with van der Waals surface area (Å²) >= 11 is 7.25. The molecule has 1 aliphatic carbocycles. The number of halogens is 1. The monoisotopic (exact) mass is 443 g/mol. The van der Waals surface area contributed by atoms with Gasteiger partial charge in [-0.15, -0.1) is 11.3 Å². The van der Waals surface area contributed by atoms with Crippen LogP contribution in [0, 0.1) is 5.92 Å². The van der Waals surface area contributed by atoms with Crippen LogP contribution in [0.3, 0.4) is 0 Å². The van der Waals surface area contributed by atoms with Gasteiger partial charge in [-0.3, -0.25) is 14.9 Å². The van der Waals surface area contributed by atoms with Crippen LogP contribution in [-0.2, 0) is 17.6 Å². The van der Waals surface area contributed by atoms with Crippen LogP contribution in [0.4, 0.5) is 5.13 Å². The molecule has 156 valence electrons. The summed E-state index contributed by atoms with van der Waals surface area (Å²) in [5.41, 5.74) is 1.82. The fraction of sp³-hybridized carbons (Fsp3) is 0.318. The number of furan rings is 1. The summed E-state index contributed by atoms with van der Waals surface area (Å²) in [6.07, 6.45) is 4.83. The third-order valence-electron chi connectivity index (χ3n) is 4.96. The first-order valence-corrected chi connectivity index (χ1v) is 11.1. The van der Waals surface area contributed by atoms with E-state index in [1.807, 2.05) is 34.5 Å². The number of carbonyl (C=O) groups is 2. The lowest BCUT2D eigenvalue weighted by Crippen LogP contribution is -2.36. The SMILES string of the molecule is O=C(Nc1nc(CC(=O)N(CCc2ccc(Cl)cc2)CC2CC2)cs1)c1ccco1. The second kappa shape index (κ2) is 9.45. The lowest BCUT2D eigenvalue weighted by Gasteiger charge is -2.22. The molecule has 0 unspecified atom stereocenters. The van der Waals surface area contributed by atoms with E-state index >= 15 is 0 Å². The van der Waals surface area contributed by atoms with Crippen molar-refractivity contribution < 1.29 is 14.0 Å². The quantitative estimate of drug-likeness (QED) is 0.521. The molecule has 0 radical (unpaired) electrons. The molecule has 0 bridgehead atoms. The highest BCUT2D eigenvalue weighted by atomic mass is 35.5. The first-order chi connectivity index (χ1) is 14.6. The molecule has 1 fully saturated rings. The lowest BCUT2D eigenvalue weighted by atomic mass is 10.1. The first kappa shape index (κ1) is 20.6. The van der Waals surface area contributed by atoms with Crippen LogP contribution in [0.1, 0.15) is 34.7 Å². The zero-order chi connectivity index (χ0) is 20.9. The van der Waals surface area contributed by atoms with Gasteiger partial charge in [-0.05, 0) is 55.0 Å². The molecule has 2 aromatic heterocycles. The summed E-state index contributed by atoms with van der Waals surface area (Å²) in [4.78, 5) is 31.3. The molecule has 1 aliphatic rings. The Morgan fingerprint density at radius 3 is 2.73 bits per heavy atom. The summed E-state index contributed by atoms with van der Waals surface area (Å²) < 4.78 is 5.08. The smallest absolute Gasteiger partial charge is 0.293 e. The molecule has 0 atom stereocenters. The molecule has 0 saturated heterocycles. The standard InChI is InChI=1S/C22H22ClN3O3S/c23-17-7-5-15(6-8-17)9-10-26(13-16-3-4-16)20(27)12-18-14-30-22(24-18)25-21(28)19-2-1-11-29-19/h1-2,5-8,11,14,16H,3-4,9-10,12-13H2,(H,24,25,28). The van der Waals surface area contributed by atoms with Crippen LogP contribution < -0.4 is 5.32 Å². The highest BCUT2D eigenvalue weighted by Crippen LogP contribution is 2.30. The lowest BCUT2D eigenvalue weighted by molar-refractivity contribution is -0.130. The topological polar surface area (TPSA) is 75.4 Å². The molecule has 0 spiro atoms.